The molecule has 3 aromatic carbocycles. The fourth-order valence-corrected chi connectivity index (χ4v) is 3.34. The summed E-state index contributed by atoms with van der Waals surface area (Å²) in [5.41, 5.74) is 0.719. The first kappa shape index (κ1) is 25.1. The van der Waals surface area contributed by atoms with Gasteiger partial charge in [0.2, 0.25) is 0 Å². The Morgan fingerprint density at radius 2 is 1.82 bits per heavy atom. The highest BCUT2D eigenvalue weighted by atomic mass is 35.5. The van der Waals surface area contributed by atoms with E-state index in [4.69, 9.17) is 21.4 Å². The summed E-state index contributed by atoms with van der Waals surface area (Å²) in [5.74, 6) is -2.37. The second-order valence-corrected chi connectivity index (χ2v) is 7.64. The smallest absolute Gasteiger partial charge is 0.251 e. The number of amides is 1. The van der Waals surface area contributed by atoms with E-state index >= 15 is 0 Å². The van der Waals surface area contributed by atoms with Crippen LogP contribution in [0, 0.1) is 11.6 Å². The van der Waals surface area contributed by atoms with Crippen LogP contribution >= 0.6 is 11.6 Å². The molecule has 3 rings (SSSR count). The zero-order chi connectivity index (χ0) is 24.8. The van der Waals surface area contributed by atoms with Gasteiger partial charge in [-0.1, -0.05) is 11.6 Å². The zero-order valence-electron chi connectivity index (χ0n) is 17.9. The van der Waals surface area contributed by atoms with Crippen molar-refractivity contribution in [2.45, 2.75) is 6.10 Å². The van der Waals surface area contributed by atoms with Crippen molar-refractivity contribution in [1.29, 1.82) is 0 Å². The summed E-state index contributed by atoms with van der Waals surface area (Å²) in [4.78, 5) is 25.6. The summed E-state index contributed by atoms with van der Waals surface area (Å²) in [6.45, 7) is -0.677. The Bertz CT molecular complexity index is 1220. The molecular formula is C24H21ClF2N2O5. The molecule has 1 unspecified atom stereocenters. The molecule has 0 aliphatic rings. The lowest BCUT2D eigenvalue weighted by molar-refractivity contribution is 0.0802. The molecule has 7 nitrogen and oxygen atoms in total. The standard InChI is InChI=1S/C24H21ClF2N2O5/c1-34-22-7-2-13(24(33)28-11-16(31)12-30)8-18(22)23(32)17-5-4-15(10-19(17)25)29-21-6-3-14(26)9-20(21)27/h2-10,16,29-31H,11-12H2,1H3,(H,28,33). The normalized spacial score (nSPS) is 11.6. The molecule has 0 fully saturated rings. The van der Waals surface area contributed by atoms with Gasteiger partial charge >= 0.3 is 0 Å². The molecule has 0 aromatic heterocycles. The third kappa shape index (κ3) is 5.88. The molecule has 1 amide bonds. The molecule has 0 radical (unpaired) electrons. The maximum Gasteiger partial charge on any atom is 0.251 e. The highest BCUT2D eigenvalue weighted by molar-refractivity contribution is 6.35. The summed E-state index contributed by atoms with van der Waals surface area (Å²) in [7, 11) is 1.37. The van der Waals surface area contributed by atoms with Gasteiger partial charge in [0.15, 0.2) is 5.78 Å². The van der Waals surface area contributed by atoms with Gasteiger partial charge < -0.3 is 25.6 Å². The van der Waals surface area contributed by atoms with Crippen molar-refractivity contribution in [3.8, 4) is 5.75 Å². The van der Waals surface area contributed by atoms with Crippen LogP contribution in [-0.4, -0.2) is 48.3 Å². The molecule has 0 aliphatic heterocycles. The molecule has 0 spiro atoms. The van der Waals surface area contributed by atoms with E-state index in [1.54, 1.807) is 0 Å². The van der Waals surface area contributed by atoms with Crippen LogP contribution in [0.25, 0.3) is 0 Å². The summed E-state index contributed by atoms with van der Waals surface area (Å²) < 4.78 is 32.3. The number of carbonyl (C=O) groups excluding carboxylic acids is 2. The van der Waals surface area contributed by atoms with Crippen molar-refractivity contribution in [2.24, 2.45) is 0 Å². The molecule has 1 atom stereocenters. The van der Waals surface area contributed by atoms with E-state index < -0.39 is 36.0 Å². The van der Waals surface area contributed by atoms with Crippen molar-refractivity contribution >= 4 is 34.7 Å². The van der Waals surface area contributed by atoms with Crippen molar-refractivity contribution in [2.75, 3.05) is 25.6 Å². The van der Waals surface area contributed by atoms with E-state index in [0.29, 0.717) is 5.69 Å². The van der Waals surface area contributed by atoms with E-state index in [0.717, 1.165) is 12.1 Å². The first-order chi connectivity index (χ1) is 16.2. The van der Waals surface area contributed by atoms with Crippen LogP contribution < -0.4 is 15.4 Å². The minimum atomic E-state index is -1.11. The number of hydrogen-bond acceptors (Lipinski definition) is 6. The van der Waals surface area contributed by atoms with Gasteiger partial charge in [-0.3, -0.25) is 9.59 Å². The lowest BCUT2D eigenvalue weighted by Gasteiger charge is -2.13. The molecule has 10 heteroatoms. The lowest BCUT2D eigenvalue weighted by atomic mass is 9.99. The van der Waals surface area contributed by atoms with Gasteiger partial charge in [-0.05, 0) is 48.5 Å². The average Bonchev–Trinajstić information content (AvgIpc) is 2.83. The van der Waals surface area contributed by atoms with Crippen molar-refractivity contribution < 1.29 is 33.3 Å². The van der Waals surface area contributed by atoms with Crippen LogP contribution in [0.4, 0.5) is 20.2 Å². The predicted octanol–water partition coefficient (Wildman–Crippen LogP) is 3.68. The Morgan fingerprint density at radius 3 is 2.47 bits per heavy atom. The highest BCUT2D eigenvalue weighted by Crippen LogP contribution is 2.30. The number of ether oxygens (including phenoxy) is 1. The average molecular weight is 491 g/mol. The van der Waals surface area contributed by atoms with Gasteiger partial charge in [-0.25, -0.2) is 8.78 Å². The second-order valence-electron chi connectivity index (χ2n) is 7.23. The van der Waals surface area contributed by atoms with Crippen LogP contribution in [-0.2, 0) is 0 Å². The number of methoxy groups -OCH3 is 1. The van der Waals surface area contributed by atoms with E-state index in [-0.39, 0.29) is 39.7 Å². The van der Waals surface area contributed by atoms with Crippen LogP contribution in [0.3, 0.4) is 0 Å². The Morgan fingerprint density at radius 1 is 1.06 bits per heavy atom. The maximum absolute atomic E-state index is 13.9. The minimum absolute atomic E-state index is 0.0308. The van der Waals surface area contributed by atoms with Crippen molar-refractivity contribution in [3.05, 3.63) is 87.9 Å². The van der Waals surface area contributed by atoms with E-state index in [2.05, 4.69) is 10.6 Å². The minimum Gasteiger partial charge on any atom is -0.496 e. The van der Waals surface area contributed by atoms with Crippen LogP contribution in [0.5, 0.6) is 5.75 Å². The number of nitrogens with one attached hydrogen (secondary N) is 2. The summed E-state index contributed by atoms with van der Waals surface area (Å²) in [6, 6.07) is 11.6. The molecular weight excluding hydrogens is 470 g/mol. The Hall–Kier alpha value is -3.53. The largest absolute Gasteiger partial charge is 0.496 e. The molecule has 178 valence electrons. The Balaban J connectivity index is 1.86. The van der Waals surface area contributed by atoms with Gasteiger partial charge in [-0.2, -0.15) is 0 Å². The topological polar surface area (TPSA) is 108 Å². The van der Waals surface area contributed by atoms with E-state index in [1.165, 1.54) is 49.6 Å². The second kappa shape index (κ2) is 11.1. The maximum atomic E-state index is 13.9. The number of benzene rings is 3. The summed E-state index contributed by atoms with van der Waals surface area (Å²) >= 11 is 6.32. The first-order valence-electron chi connectivity index (χ1n) is 10.0. The molecule has 0 bridgehead atoms. The fraction of sp³-hybridized carbons (Fsp3) is 0.167. The quantitative estimate of drug-likeness (QED) is 0.341. The third-order valence-corrected chi connectivity index (χ3v) is 5.15. The van der Waals surface area contributed by atoms with Crippen LogP contribution in [0.2, 0.25) is 5.02 Å². The van der Waals surface area contributed by atoms with E-state index in [1.807, 2.05) is 0 Å². The predicted molar refractivity (Wildman–Crippen MR) is 123 cm³/mol. The summed E-state index contributed by atoms with van der Waals surface area (Å²) in [5, 5.41) is 23.6. The Labute approximate surface area is 198 Å². The van der Waals surface area contributed by atoms with Gasteiger partial charge in [0, 0.05) is 29.4 Å². The lowest BCUT2D eigenvalue weighted by Crippen LogP contribution is -2.33. The van der Waals surface area contributed by atoms with Crippen LogP contribution in [0.15, 0.2) is 54.6 Å². The summed E-state index contributed by atoms with van der Waals surface area (Å²) in [6.07, 6.45) is -1.11. The molecule has 0 saturated heterocycles. The van der Waals surface area contributed by atoms with Crippen molar-refractivity contribution in [3.63, 3.8) is 0 Å². The molecule has 34 heavy (non-hydrogen) atoms. The molecule has 4 N–H and O–H groups in total. The van der Waals surface area contributed by atoms with Crippen LogP contribution in [0.1, 0.15) is 26.3 Å². The number of hydrogen-bond donors (Lipinski definition) is 4. The van der Waals surface area contributed by atoms with Gasteiger partial charge in [0.1, 0.15) is 17.4 Å². The molecule has 0 aliphatic carbocycles. The number of aliphatic hydroxyl groups excluding tert-OH is 2. The number of carbonyl (C=O) groups is 2. The fourth-order valence-electron chi connectivity index (χ4n) is 3.07. The number of aliphatic hydroxyl groups is 2. The molecule has 3 aromatic rings. The van der Waals surface area contributed by atoms with E-state index in [9.17, 15) is 23.5 Å². The zero-order valence-corrected chi connectivity index (χ0v) is 18.7. The van der Waals surface area contributed by atoms with Gasteiger partial charge in [0.05, 0.1) is 36.1 Å². The highest BCUT2D eigenvalue weighted by Gasteiger charge is 2.20. The number of halogens is 3. The first-order valence-corrected chi connectivity index (χ1v) is 10.4. The monoisotopic (exact) mass is 490 g/mol. The number of rotatable bonds is 9. The third-order valence-electron chi connectivity index (χ3n) is 4.84. The van der Waals surface area contributed by atoms with Crippen molar-refractivity contribution in [1.82, 2.24) is 5.32 Å². The number of anilines is 2. The Kier molecular flexibility index (Phi) is 8.17. The van der Waals surface area contributed by atoms with Gasteiger partial charge in [-0.15, -0.1) is 0 Å². The molecule has 0 heterocycles. The molecule has 0 saturated carbocycles. The SMILES string of the molecule is COc1ccc(C(=O)NCC(O)CO)cc1C(=O)c1ccc(Nc2ccc(F)cc2F)cc1Cl. The van der Waals surface area contributed by atoms with Gasteiger partial charge in [0.25, 0.3) is 5.91 Å². The number of ketones is 1.